The van der Waals surface area contributed by atoms with Crippen molar-refractivity contribution in [3.8, 4) is 11.5 Å². The molecule has 9 heteroatoms. The number of ether oxygens (including phenoxy) is 2. The quantitative estimate of drug-likeness (QED) is 0.622. The highest BCUT2D eigenvalue weighted by Gasteiger charge is 2.22. The number of hydrogen-bond acceptors (Lipinski definition) is 6. The van der Waals surface area contributed by atoms with E-state index in [1.165, 1.54) is 20.3 Å². The van der Waals surface area contributed by atoms with E-state index in [0.717, 1.165) is 0 Å². The highest BCUT2D eigenvalue weighted by Crippen LogP contribution is 2.38. The van der Waals surface area contributed by atoms with Crippen molar-refractivity contribution in [2.24, 2.45) is 0 Å². The average molecular weight is 321 g/mol. The van der Waals surface area contributed by atoms with Gasteiger partial charge in [0.2, 0.25) is 5.75 Å². The normalized spacial score (nSPS) is 10.4. The Bertz CT molecular complexity index is 868. The summed E-state index contributed by atoms with van der Waals surface area (Å²) in [4.78, 5) is 38.3. The lowest BCUT2D eigenvalue weighted by atomic mass is 10.0. The van der Waals surface area contributed by atoms with Crippen molar-refractivity contribution >= 4 is 5.69 Å². The number of nitrogens with one attached hydrogen (secondary N) is 2. The molecule has 9 nitrogen and oxygen atoms in total. The van der Waals surface area contributed by atoms with Gasteiger partial charge in [-0.2, -0.15) is 0 Å². The molecule has 1 aromatic heterocycles. The first-order valence-electron chi connectivity index (χ1n) is 6.58. The van der Waals surface area contributed by atoms with Crippen molar-refractivity contribution in [1.82, 2.24) is 9.97 Å². The number of nitrogens with zero attached hydrogens (tertiary/aromatic N) is 1. The van der Waals surface area contributed by atoms with Crippen LogP contribution in [0, 0.1) is 17.0 Å². The maximum atomic E-state index is 11.9. The van der Waals surface area contributed by atoms with Gasteiger partial charge in [-0.1, -0.05) is 0 Å². The van der Waals surface area contributed by atoms with Crippen LogP contribution in [-0.2, 0) is 6.42 Å². The molecule has 0 atom stereocenters. The fraction of sp³-hybridized carbons (Fsp3) is 0.286. The van der Waals surface area contributed by atoms with Gasteiger partial charge in [0.15, 0.2) is 5.75 Å². The second-order valence-corrected chi connectivity index (χ2v) is 4.80. The van der Waals surface area contributed by atoms with Gasteiger partial charge in [-0.25, -0.2) is 4.79 Å². The van der Waals surface area contributed by atoms with E-state index in [-0.39, 0.29) is 23.6 Å². The summed E-state index contributed by atoms with van der Waals surface area (Å²) in [6.45, 7) is 1.58. The van der Waals surface area contributed by atoms with Gasteiger partial charge in [0.25, 0.3) is 5.56 Å². The van der Waals surface area contributed by atoms with Crippen LogP contribution in [0.25, 0.3) is 0 Å². The molecular weight excluding hydrogens is 306 g/mol. The molecule has 0 aliphatic rings. The maximum absolute atomic E-state index is 11.9. The minimum Gasteiger partial charge on any atom is -0.493 e. The Labute approximate surface area is 130 Å². The number of hydrogen-bond donors (Lipinski definition) is 2. The lowest BCUT2D eigenvalue weighted by Crippen LogP contribution is -2.27. The molecule has 1 heterocycles. The number of aromatic amines is 2. The summed E-state index contributed by atoms with van der Waals surface area (Å²) >= 11 is 0. The van der Waals surface area contributed by atoms with Gasteiger partial charge in [-0.05, 0) is 18.6 Å². The van der Waals surface area contributed by atoms with Gasteiger partial charge in [0, 0.05) is 23.7 Å². The van der Waals surface area contributed by atoms with Crippen molar-refractivity contribution in [2.75, 3.05) is 14.2 Å². The molecule has 0 saturated heterocycles. The zero-order valence-electron chi connectivity index (χ0n) is 12.8. The molecule has 2 rings (SSSR count). The third-order valence-electron chi connectivity index (χ3n) is 3.35. The maximum Gasteiger partial charge on any atom is 0.325 e. The molecule has 0 saturated carbocycles. The van der Waals surface area contributed by atoms with Crippen LogP contribution in [0.4, 0.5) is 5.69 Å². The fourth-order valence-corrected chi connectivity index (χ4v) is 2.28. The molecule has 0 amide bonds. The number of aryl methyl sites for hydroxylation is 1. The van der Waals surface area contributed by atoms with Gasteiger partial charge in [0.1, 0.15) is 0 Å². The molecule has 1 aromatic carbocycles. The van der Waals surface area contributed by atoms with E-state index in [0.29, 0.717) is 16.8 Å². The van der Waals surface area contributed by atoms with Crippen LogP contribution in [0.3, 0.4) is 0 Å². The van der Waals surface area contributed by atoms with E-state index in [9.17, 15) is 19.7 Å². The third-order valence-corrected chi connectivity index (χ3v) is 3.35. The monoisotopic (exact) mass is 321 g/mol. The number of nitro benzene ring substituents is 1. The first-order chi connectivity index (χ1) is 10.9. The lowest BCUT2D eigenvalue weighted by Gasteiger charge is -2.11. The van der Waals surface area contributed by atoms with E-state index in [1.54, 1.807) is 13.0 Å². The summed E-state index contributed by atoms with van der Waals surface area (Å²) < 4.78 is 10.1. The van der Waals surface area contributed by atoms with Crippen LogP contribution in [0.5, 0.6) is 11.5 Å². The largest absolute Gasteiger partial charge is 0.493 e. The Morgan fingerprint density at radius 2 is 1.87 bits per heavy atom. The fourth-order valence-electron chi connectivity index (χ4n) is 2.28. The summed E-state index contributed by atoms with van der Waals surface area (Å²) in [6.07, 6.45) is 0.0964. The molecule has 0 spiro atoms. The Kier molecular flexibility index (Phi) is 4.49. The van der Waals surface area contributed by atoms with Crippen molar-refractivity contribution in [3.63, 3.8) is 0 Å². The molecule has 0 radical (unpaired) electrons. The predicted octanol–water partition coefficient (Wildman–Crippen LogP) is 0.888. The predicted molar refractivity (Wildman–Crippen MR) is 81.4 cm³/mol. The second-order valence-electron chi connectivity index (χ2n) is 4.80. The summed E-state index contributed by atoms with van der Waals surface area (Å²) in [5.41, 5.74) is -0.212. The molecule has 23 heavy (non-hydrogen) atoms. The molecule has 0 aliphatic heterocycles. The summed E-state index contributed by atoms with van der Waals surface area (Å²) in [6, 6.07) is 2.86. The van der Waals surface area contributed by atoms with Gasteiger partial charge >= 0.3 is 11.4 Å². The van der Waals surface area contributed by atoms with E-state index in [4.69, 9.17) is 9.47 Å². The number of H-pyrrole nitrogens is 2. The minimum atomic E-state index is -0.602. The summed E-state index contributed by atoms with van der Waals surface area (Å²) in [5, 5.41) is 11.2. The molecule has 2 aromatic rings. The van der Waals surface area contributed by atoms with E-state index < -0.39 is 16.2 Å². The minimum absolute atomic E-state index is 0.00773. The topological polar surface area (TPSA) is 127 Å². The lowest BCUT2D eigenvalue weighted by molar-refractivity contribution is -0.385. The van der Waals surface area contributed by atoms with Gasteiger partial charge in [-0.3, -0.25) is 19.9 Å². The molecule has 122 valence electrons. The first kappa shape index (κ1) is 16.3. The van der Waals surface area contributed by atoms with Gasteiger partial charge in [0.05, 0.1) is 19.1 Å². The second kappa shape index (κ2) is 6.34. The van der Waals surface area contributed by atoms with Crippen molar-refractivity contribution in [2.45, 2.75) is 13.3 Å². The van der Waals surface area contributed by atoms with Crippen molar-refractivity contribution < 1.29 is 14.4 Å². The van der Waals surface area contributed by atoms with Crippen LogP contribution >= 0.6 is 0 Å². The van der Waals surface area contributed by atoms with E-state index >= 15 is 0 Å². The highest BCUT2D eigenvalue weighted by molar-refractivity contribution is 5.58. The van der Waals surface area contributed by atoms with Crippen LogP contribution in [0.15, 0.2) is 21.7 Å². The third kappa shape index (κ3) is 3.23. The Morgan fingerprint density at radius 3 is 2.39 bits per heavy atom. The Balaban J connectivity index is 2.57. The Hall–Kier alpha value is -3.10. The van der Waals surface area contributed by atoms with Crippen LogP contribution in [0.2, 0.25) is 0 Å². The van der Waals surface area contributed by atoms with Crippen LogP contribution in [-0.4, -0.2) is 29.1 Å². The SMILES string of the molecule is COc1cc(Cc2c(C)[nH]c(=O)[nH]c2=O)cc([N+](=O)[O-])c1OC. The number of benzene rings is 1. The van der Waals surface area contributed by atoms with Gasteiger partial charge in [-0.15, -0.1) is 0 Å². The van der Waals surface area contributed by atoms with E-state index in [2.05, 4.69) is 9.97 Å². The summed E-state index contributed by atoms with van der Waals surface area (Å²) in [7, 11) is 2.67. The molecule has 0 aliphatic carbocycles. The molecule has 0 bridgehead atoms. The molecule has 2 N–H and O–H groups in total. The zero-order valence-corrected chi connectivity index (χ0v) is 12.8. The number of aromatic nitrogens is 2. The van der Waals surface area contributed by atoms with Crippen LogP contribution < -0.4 is 20.7 Å². The Morgan fingerprint density at radius 1 is 1.17 bits per heavy atom. The van der Waals surface area contributed by atoms with Crippen molar-refractivity contribution in [1.29, 1.82) is 0 Å². The zero-order chi connectivity index (χ0) is 17.1. The molecule has 0 fully saturated rings. The van der Waals surface area contributed by atoms with Crippen molar-refractivity contribution in [3.05, 3.63) is 59.9 Å². The first-order valence-corrected chi connectivity index (χ1v) is 6.58. The standard InChI is InChI=1S/C14H15N3O6/c1-7-9(13(18)16-14(19)15-7)4-8-5-10(17(20)21)12(23-3)11(6-8)22-2/h5-6H,4H2,1-3H3,(H2,15,16,18,19). The molecule has 0 unspecified atom stereocenters. The van der Waals surface area contributed by atoms with Crippen LogP contribution in [0.1, 0.15) is 16.8 Å². The molecular formula is C14H15N3O6. The summed E-state index contributed by atoms with van der Waals surface area (Å²) in [5.74, 6) is 0.198. The van der Waals surface area contributed by atoms with Gasteiger partial charge < -0.3 is 14.5 Å². The average Bonchev–Trinajstić information content (AvgIpc) is 2.49. The smallest absolute Gasteiger partial charge is 0.325 e. The number of methoxy groups -OCH3 is 2. The van der Waals surface area contributed by atoms with E-state index in [1.807, 2.05) is 0 Å². The highest BCUT2D eigenvalue weighted by atomic mass is 16.6. The number of rotatable bonds is 5. The number of nitro groups is 1.